The van der Waals surface area contributed by atoms with Gasteiger partial charge in [0.15, 0.2) is 5.78 Å². The second-order valence-electron chi connectivity index (χ2n) is 3.10. The van der Waals surface area contributed by atoms with E-state index in [1.54, 1.807) is 6.20 Å². The quantitative estimate of drug-likeness (QED) is 0.683. The summed E-state index contributed by atoms with van der Waals surface area (Å²) >= 11 is 1.09. The molecule has 0 unspecified atom stereocenters. The molecule has 72 valence electrons. The standard InChI is InChI=1S/C9H14N2OS/c1-3-7(4-2)5-9(12)8-6-10-13-11-8/h6-7H,3-5H2,1-2H3. The third-order valence-corrected chi connectivity index (χ3v) is 2.75. The van der Waals surface area contributed by atoms with Crippen molar-refractivity contribution in [1.29, 1.82) is 0 Å². The summed E-state index contributed by atoms with van der Waals surface area (Å²) in [6.45, 7) is 4.22. The van der Waals surface area contributed by atoms with Crippen molar-refractivity contribution in [2.75, 3.05) is 0 Å². The molecule has 1 aromatic heterocycles. The Balaban J connectivity index is 2.50. The zero-order valence-corrected chi connectivity index (χ0v) is 8.80. The van der Waals surface area contributed by atoms with Crippen LogP contribution in [0.2, 0.25) is 0 Å². The molecule has 0 amide bonds. The van der Waals surface area contributed by atoms with Gasteiger partial charge in [-0.3, -0.25) is 4.79 Å². The Morgan fingerprint density at radius 1 is 1.54 bits per heavy atom. The molecular weight excluding hydrogens is 184 g/mol. The summed E-state index contributed by atoms with van der Waals surface area (Å²) in [5, 5.41) is 0. The lowest BCUT2D eigenvalue weighted by molar-refractivity contribution is 0.0954. The van der Waals surface area contributed by atoms with Crippen molar-refractivity contribution in [2.45, 2.75) is 33.1 Å². The Hall–Kier alpha value is -0.770. The molecule has 0 atom stereocenters. The van der Waals surface area contributed by atoms with E-state index in [4.69, 9.17) is 0 Å². The lowest BCUT2D eigenvalue weighted by Crippen LogP contribution is -2.07. The maximum absolute atomic E-state index is 11.5. The Morgan fingerprint density at radius 2 is 2.23 bits per heavy atom. The summed E-state index contributed by atoms with van der Waals surface area (Å²) in [6.07, 6.45) is 4.27. The van der Waals surface area contributed by atoms with Crippen LogP contribution in [0.3, 0.4) is 0 Å². The number of carbonyl (C=O) groups is 1. The van der Waals surface area contributed by atoms with Gasteiger partial charge < -0.3 is 0 Å². The first-order valence-corrected chi connectivity index (χ1v) is 5.31. The second kappa shape index (κ2) is 5.07. The minimum atomic E-state index is 0.127. The lowest BCUT2D eigenvalue weighted by Gasteiger charge is -2.08. The van der Waals surface area contributed by atoms with Gasteiger partial charge in [-0.2, -0.15) is 8.75 Å². The SMILES string of the molecule is CCC(CC)CC(=O)c1cnsn1. The van der Waals surface area contributed by atoms with Crippen LogP contribution >= 0.6 is 11.7 Å². The number of aromatic nitrogens is 2. The van der Waals surface area contributed by atoms with Crippen molar-refractivity contribution in [2.24, 2.45) is 5.92 Å². The average Bonchev–Trinajstić information content (AvgIpc) is 2.66. The fourth-order valence-electron chi connectivity index (χ4n) is 1.23. The lowest BCUT2D eigenvalue weighted by atomic mass is 9.96. The van der Waals surface area contributed by atoms with Crippen molar-refractivity contribution >= 4 is 17.5 Å². The van der Waals surface area contributed by atoms with E-state index in [0.717, 1.165) is 24.6 Å². The highest BCUT2D eigenvalue weighted by Crippen LogP contribution is 2.15. The highest BCUT2D eigenvalue weighted by atomic mass is 32.1. The van der Waals surface area contributed by atoms with Crippen LogP contribution in [0.4, 0.5) is 0 Å². The van der Waals surface area contributed by atoms with E-state index >= 15 is 0 Å². The van der Waals surface area contributed by atoms with E-state index in [9.17, 15) is 4.79 Å². The second-order valence-corrected chi connectivity index (χ2v) is 3.66. The van der Waals surface area contributed by atoms with Crippen LogP contribution in [-0.4, -0.2) is 14.5 Å². The monoisotopic (exact) mass is 198 g/mol. The molecule has 0 saturated heterocycles. The minimum Gasteiger partial charge on any atom is -0.292 e. The van der Waals surface area contributed by atoms with Gasteiger partial charge in [0.05, 0.1) is 17.9 Å². The predicted octanol–water partition coefficient (Wildman–Crippen LogP) is 2.55. The first-order chi connectivity index (χ1) is 6.27. The summed E-state index contributed by atoms with van der Waals surface area (Å²) in [5.74, 6) is 0.622. The zero-order valence-electron chi connectivity index (χ0n) is 7.99. The first-order valence-electron chi connectivity index (χ1n) is 4.58. The number of Topliss-reactive ketones (excluding diaryl/α,β-unsaturated/α-hetero) is 1. The van der Waals surface area contributed by atoms with Gasteiger partial charge >= 0.3 is 0 Å². The molecular formula is C9H14N2OS. The van der Waals surface area contributed by atoms with Crippen LogP contribution in [0, 0.1) is 5.92 Å². The average molecular weight is 198 g/mol. The Morgan fingerprint density at radius 3 is 2.69 bits per heavy atom. The summed E-state index contributed by atoms with van der Waals surface area (Å²) < 4.78 is 7.73. The molecule has 3 nitrogen and oxygen atoms in total. The van der Waals surface area contributed by atoms with Gasteiger partial charge in [0.25, 0.3) is 0 Å². The molecule has 1 heterocycles. The van der Waals surface area contributed by atoms with E-state index in [2.05, 4.69) is 22.6 Å². The zero-order chi connectivity index (χ0) is 9.68. The summed E-state index contributed by atoms with van der Waals surface area (Å²) in [6, 6.07) is 0. The third kappa shape index (κ3) is 2.88. The van der Waals surface area contributed by atoms with Crippen LogP contribution in [0.5, 0.6) is 0 Å². The number of rotatable bonds is 5. The molecule has 0 aliphatic carbocycles. The van der Waals surface area contributed by atoms with Crippen LogP contribution in [0.15, 0.2) is 6.20 Å². The van der Waals surface area contributed by atoms with Crippen molar-refractivity contribution < 1.29 is 4.79 Å². The van der Waals surface area contributed by atoms with Crippen molar-refractivity contribution in [1.82, 2.24) is 8.75 Å². The Bertz CT molecular complexity index is 255. The van der Waals surface area contributed by atoms with Gasteiger partial charge in [-0.25, -0.2) is 0 Å². The summed E-state index contributed by atoms with van der Waals surface area (Å²) in [7, 11) is 0. The van der Waals surface area contributed by atoms with E-state index in [0.29, 0.717) is 18.0 Å². The van der Waals surface area contributed by atoms with Gasteiger partial charge in [0, 0.05) is 6.42 Å². The fourth-order valence-corrected chi connectivity index (χ4v) is 1.66. The molecule has 0 fully saturated rings. The maximum atomic E-state index is 11.5. The van der Waals surface area contributed by atoms with Crippen LogP contribution in [-0.2, 0) is 0 Å². The number of ketones is 1. The molecule has 1 aromatic rings. The fraction of sp³-hybridized carbons (Fsp3) is 0.667. The molecule has 13 heavy (non-hydrogen) atoms. The van der Waals surface area contributed by atoms with E-state index in [1.807, 2.05) is 0 Å². The molecule has 0 aliphatic heterocycles. The normalized spacial score (nSPS) is 10.7. The molecule has 0 bridgehead atoms. The molecule has 0 spiro atoms. The Kier molecular flexibility index (Phi) is 4.02. The highest BCUT2D eigenvalue weighted by molar-refractivity contribution is 6.99. The summed E-state index contributed by atoms with van der Waals surface area (Å²) in [4.78, 5) is 11.5. The predicted molar refractivity (Wildman–Crippen MR) is 52.9 cm³/mol. The molecule has 0 saturated carbocycles. The maximum Gasteiger partial charge on any atom is 0.184 e. The van der Waals surface area contributed by atoms with E-state index < -0.39 is 0 Å². The van der Waals surface area contributed by atoms with E-state index in [1.165, 1.54) is 0 Å². The smallest absolute Gasteiger partial charge is 0.184 e. The highest BCUT2D eigenvalue weighted by Gasteiger charge is 2.13. The Labute approximate surface area is 82.5 Å². The molecule has 0 radical (unpaired) electrons. The molecule has 0 aliphatic rings. The summed E-state index contributed by atoms with van der Waals surface area (Å²) in [5.41, 5.74) is 0.525. The van der Waals surface area contributed by atoms with Crippen molar-refractivity contribution in [3.8, 4) is 0 Å². The number of hydrogen-bond donors (Lipinski definition) is 0. The van der Waals surface area contributed by atoms with Gasteiger partial charge in [-0.05, 0) is 5.92 Å². The van der Waals surface area contributed by atoms with E-state index in [-0.39, 0.29) is 5.78 Å². The largest absolute Gasteiger partial charge is 0.292 e. The third-order valence-electron chi connectivity index (χ3n) is 2.28. The first kappa shape index (κ1) is 10.3. The topological polar surface area (TPSA) is 42.9 Å². The van der Waals surface area contributed by atoms with Crippen molar-refractivity contribution in [3.05, 3.63) is 11.9 Å². The van der Waals surface area contributed by atoms with Crippen LogP contribution < -0.4 is 0 Å². The van der Waals surface area contributed by atoms with Crippen LogP contribution in [0.25, 0.3) is 0 Å². The molecule has 4 heteroatoms. The molecule has 0 N–H and O–H groups in total. The van der Waals surface area contributed by atoms with Gasteiger partial charge in [-0.1, -0.05) is 26.7 Å². The molecule has 1 rings (SSSR count). The number of nitrogens with zero attached hydrogens (tertiary/aromatic N) is 2. The van der Waals surface area contributed by atoms with Gasteiger partial charge in [0.1, 0.15) is 5.69 Å². The van der Waals surface area contributed by atoms with Crippen LogP contribution in [0.1, 0.15) is 43.6 Å². The number of hydrogen-bond acceptors (Lipinski definition) is 4. The molecule has 0 aromatic carbocycles. The van der Waals surface area contributed by atoms with Gasteiger partial charge in [-0.15, -0.1) is 0 Å². The van der Waals surface area contributed by atoms with Crippen molar-refractivity contribution in [3.63, 3.8) is 0 Å². The number of carbonyl (C=O) groups excluding carboxylic acids is 1. The minimum absolute atomic E-state index is 0.127. The van der Waals surface area contributed by atoms with Gasteiger partial charge in [0.2, 0.25) is 0 Å².